The summed E-state index contributed by atoms with van der Waals surface area (Å²) in [6.07, 6.45) is 5.82. The molecule has 1 fully saturated rings. The zero-order chi connectivity index (χ0) is 22.4. The van der Waals surface area contributed by atoms with Gasteiger partial charge in [-0.2, -0.15) is 0 Å². The molecule has 1 N–H and O–H groups in total. The van der Waals surface area contributed by atoms with Gasteiger partial charge in [-0.15, -0.1) is 11.8 Å². The first-order valence-corrected chi connectivity index (χ1v) is 12.0. The van der Waals surface area contributed by atoms with Crippen LogP contribution in [0.4, 0.5) is 5.82 Å². The van der Waals surface area contributed by atoms with E-state index in [4.69, 9.17) is 0 Å². The maximum atomic E-state index is 13.0. The first-order chi connectivity index (χ1) is 14.8. The molecule has 2 amide bonds. The minimum absolute atomic E-state index is 0.111. The predicted molar refractivity (Wildman–Crippen MR) is 126 cm³/mol. The summed E-state index contributed by atoms with van der Waals surface area (Å²) >= 11 is 1.41. The third-order valence-electron chi connectivity index (χ3n) is 5.63. The molecule has 0 saturated heterocycles. The van der Waals surface area contributed by atoms with E-state index in [9.17, 15) is 9.59 Å². The fraction of sp³-hybridized carbons (Fsp3) is 0.500. The van der Waals surface area contributed by atoms with E-state index in [0.29, 0.717) is 29.0 Å². The van der Waals surface area contributed by atoms with Crippen LogP contribution in [-0.2, 0) is 4.79 Å². The summed E-state index contributed by atoms with van der Waals surface area (Å²) in [7, 11) is 1.90. The molecule has 1 saturated carbocycles. The zero-order valence-corrected chi connectivity index (χ0v) is 19.7. The minimum atomic E-state index is -0.232. The summed E-state index contributed by atoms with van der Waals surface area (Å²) < 4.78 is 0. The number of benzene rings is 1. The van der Waals surface area contributed by atoms with Gasteiger partial charge in [0.15, 0.2) is 0 Å². The molecule has 3 rings (SSSR count). The largest absolute Gasteiger partial charge is 0.342 e. The van der Waals surface area contributed by atoms with Crippen LogP contribution in [-0.4, -0.2) is 45.5 Å². The smallest absolute Gasteiger partial charge is 0.257 e. The zero-order valence-electron chi connectivity index (χ0n) is 18.9. The Morgan fingerprint density at radius 2 is 1.87 bits per heavy atom. The maximum absolute atomic E-state index is 13.0. The molecule has 166 valence electrons. The van der Waals surface area contributed by atoms with Crippen molar-refractivity contribution >= 4 is 29.4 Å². The van der Waals surface area contributed by atoms with Crippen molar-refractivity contribution in [3.05, 3.63) is 47.4 Å². The van der Waals surface area contributed by atoms with Crippen LogP contribution in [0.25, 0.3) is 0 Å². The highest BCUT2D eigenvalue weighted by Gasteiger charge is 2.22. The Kier molecular flexibility index (Phi) is 8.07. The van der Waals surface area contributed by atoms with Gasteiger partial charge in [-0.3, -0.25) is 9.59 Å². The lowest BCUT2D eigenvalue weighted by atomic mass is 9.94. The molecule has 7 heteroatoms. The van der Waals surface area contributed by atoms with E-state index in [1.807, 2.05) is 50.9 Å². The van der Waals surface area contributed by atoms with E-state index in [1.54, 1.807) is 12.1 Å². The number of carbonyl (C=O) groups excluding carboxylic acids is 2. The normalized spacial score (nSPS) is 14.5. The van der Waals surface area contributed by atoms with Gasteiger partial charge >= 0.3 is 0 Å². The summed E-state index contributed by atoms with van der Waals surface area (Å²) in [5, 5.41) is 2.90. The van der Waals surface area contributed by atoms with Gasteiger partial charge in [-0.25, -0.2) is 9.97 Å². The molecule has 0 unspecified atom stereocenters. The first-order valence-electron chi connectivity index (χ1n) is 11.0. The van der Waals surface area contributed by atoms with Crippen LogP contribution in [0.1, 0.15) is 73.7 Å². The molecule has 0 bridgehead atoms. The molecule has 1 heterocycles. The van der Waals surface area contributed by atoms with Gasteiger partial charge in [0.25, 0.3) is 5.91 Å². The standard InChI is InChI=1S/C24H32N4O2S/c1-16(2)23-25-17(3)14-21(26-23)27-24(30)19-12-8-9-13-20(19)31-15-22(29)28(4)18-10-6-5-7-11-18/h8-9,12-14,16,18H,5-7,10-11,15H2,1-4H3,(H,25,26,27,30). The van der Waals surface area contributed by atoms with E-state index >= 15 is 0 Å². The first kappa shape index (κ1) is 23.3. The number of aromatic nitrogens is 2. The highest BCUT2D eigenvalue weighted by molar-refractivity contribution is 8.00. The second kappa shape index (κ2) is 10.8. The summed E-state index contributed by atoms with van der Waals surface area (Å²) in [6, 6.07) is 9.50. The number of anilines is 1. The lowest BCUT2D eigenvalue weighted by molar-refractivity contribution is -0.129. The van der Waals surface area contributed by atoms with E-state index in [2.05, 4.69) is 15.3 Å². The molecular weight excluding hydrogens is 408 g/mol. The molecule has 1 aromatic carbocycles. The summed E-state index contributed by atoms with van der Waals surface area (Å²) in [6.45, 7) is 5.93. The van der Waals surface area contributed by atoms with Gasteiger partial charge in [-0.05, 0) is 31.9 Å². The van der Waals surface area contributed by atoms with Crippen molar-refractivity contribution in [1.82, 2.24) is 14.9 Å². The van der Waals surface area contributed by atoms with Gasteiger partial charge in [0.1, 0.15) is 11.6 Å². The van der Waals surface area contributed by atoms with Crippen molar-refractivity contribution in [1.29, 1.82) is 0 Å². The minimum Gasteiger partial charge on any atom is -0.342 e. The average Bonchev–Trinajstić information content (AvgIpc) is 2.77. The number of amides is 2. The van der Waals surface area contributed by atoms with Crippen LogP contribution in [0.3, 0.4) is 0 Å². The summed E-state index contributed by atoms with van der Waals surface area (Å²) in [5.41, 5.74) is 1.36. The quantitative estimate of drug-likeness (QED) is 0.610. The second-order valence-corrected chi connectivity index (χ2v) is 9.46. The van der Waals surface area contributed by atoms with Crippen LogP contribution in [0.2, 0.25) is 0 Å². The molecule has 0 aliphatic heterocycles. The molecule has 0 radical (unpaired) electrons. The fourth-order valence-corrected chi connectivity index (χ4v) is 4.76. The molecule has 31 heavy (non-hydrogen) atoms. The molecule has 1 aromatic heterocycles. The van der Waals surface area contributed by atoms with Crippen molar-refractivity contribution in [2.24, 2.45) is 0 Å². The summed E-state index contributed by atoms with van der Waals surface area (Å²) in [4.78, 5) is 37.3. The molecule has 1 aliphatic carbocycles. The molecule has 6 nitrogen and oxygen atoms in total. The topological polar surface area (TPSA) is 75.2 Å². The number of nitrogens with zero attached hydrogens (tertiary/aromatic N) is 3. The van der Waals surface area contributed by atoms with Gasteiger partial charge < -0.3 is 10.2 Å². The van der Waals surface area contributed by atoms with Crippen LogP contribution < -0.4 is 5.32 Å². The Morgan fingerprint density at radius 1 is 1.16 bits per heavy atom. The SMILES string of the molecule is Cc1cc(NC(=O)c2ccccc2SCC(=O)N(C)C2CCCCC2)nc(C(C)C)n1. The van der Waals surface area contributed by atoms with E-state index in [1.165, 1.54) is 31.0 Å². The van der Waals surface area contributed by atoms with Crippen molar-refractivity contribution in [3.63, 3.8) is 0 Å². The fourth-order valence-electron chi connectivity index (χ4n) is 3.79. The van der Waals surface area contributed by atoms with E-state index in [-0.39, 0.29) is 17.7 Å². The van der Waals surface area contributed by atoms with Crippen molar-refractivity contribution in [3.8, 4) is 0 Å². The molecule has 0 atom stereocenters. The second-order valence-electron chi connectivity index (χ2n) is 8.44. The third kappa shape index (κ3) is 6.29. The van der Waals surface area contributed by atoms with Gasteiger partial charge in [0.05, 0.1) is 11.3 Å². The monoisotopic (exact) mass is 440 g/mol. The van der Waals surface area contributed by atoms with Crippen molar-refractivity contribution in [2.45, 2.75) is 69.7 Å². The number of hydrogen-bond acceptors (Lipinski definition) is 5. The molecular formula is C24H32N4O2S. The Hall–Kier alpha value is -2.41. The number of aryl methyl sites for hydroxylation is 1. The average molecular weight is 441 g/mol. The highest BCUT2D eigenvalue weighted by atomic mass is 32.2. The number of carbonyl (C=O) groups is 2. The number of nitrogens with one attached hydrogen (secondary N) is 1. The lowest BCUT2D eigenvalue weighted by Crippen LogP contribution is -2.39. The number of rotatable bonds is 7. The summed E-state index contributed by atoms with van der Waals surface area (Å²) in [5.74, 6) is 1.57. The molecule has 2 aromatic rings. The Labute approximate surface area is 189 Å². The maximum Gasteiger partial charge on any atom is 0.257 e. The van der Waals surface area contributed by atoms with Gasteiger partial charge in [-0.1, -0.05) is 45.2 Å². The van der Waals surface area contributed by atoms with Crippen LogP contribution in [0.15, 0.2) is 35.2 Å². The number of thioether (sulfide) groups is 1. The van der Waals surface area contributed by atoms with Gasteiger partial charge in [0, 0.05) is 35.7 Å². The highest BCUT2D eigenvalue weighted by Crippen LogP contribution is 2.26. The third-order valence-corrected chi connectivity index (χ3v) is 6.69. The van der Waals surface area contributed by atoms with E-state index < -0.39 is 0 Å². The Morgan fingerprint density at radius 3 is 2.58 bits per heavy atom. The van der Waals surface area contributed by atoms with Crippen molar-refractivity contribution < 1.29 is 9.59 Å². The Bertz CT molecular complexity index is 926. The van der Waals surface area contributed by atoms with Crippen LogP contribution in [0.5, 0.6) is 0 Å². The lowest BCUT2D eigenvalue weighted by Gasteiger charge is -2.31. The van der Waals surface area contributed by atoms with Crippen LogP contribution >= 0.6 is 11.8 Å². The van der Waals surface area contributed by atoms with Crippen LogP contribution in [0, 0.1) is 6.92 Å². The number of hydrogen-bond donors (Lipinski definition) is 1. The van der Waals surface area contributed by atoms with E-state index in [0.717, 1.165) is 23.4 Å². The molecule has 0 spiro atoms. The Balaban J connectivity index is 1.67. The predicted octanol–water partition coefficient (Wildman–Crippen LogP) is 5.04. The van der Waals surface area contributed by atoms with Crippen molar-refractivity contribution in [2.75, 3.05) is 18.1 Å². The molecule has 1 aliphatic rings. The van der Waals surface area contributed by atoms with Gasteiger partial charge in [0.2, 0.25) is 5.91 Å².